The Morgan fingerprint density at radius 2 is 2.00 bits per heavy atom. The molecule has 0 aliphatic rings. The monoisotopic (exact) mass is 376 g/mol. The predicted octanol–water partition coefficient (Wildman–Crippen LogP) is 3.30. The summed E-state index contributed by atoms with van der Waals surface area (Å²) in [4.78, 5) is 11.7. The minimum atomic E-state index is -0.337. The van der Waals surface area contributed by atoms with Gasteiger partial charge in [0.15, 0.2) is 6.61 Å². The zero-order chi connectivity index (χ0) is 16.7. The summed E-state index contributed by atoms with van der Waals surface area (Å²) in [6.07, 6.45) is 1.58. The molecule has 0 aliphatic heterocycles. The number of carbonyl (C=O) groups excluding carboxylic acids is 1. The van der Waals surface area contributed by atoms with E-state index in [9.17, 15) is 4.79 Å². The van der Waals surface area contributed by atoms with E-state index in [2.05, 4.69) is 26.5 Å². The van der Waals surface area contributed by atoms with E-state index in [4.69, 9.17) is 9.47 Å². The number of halogens is 1. The summed E-state index contributed by atoms with van der Waals surface area (Å²) < 4.78 is 11.2. The topological polar surface area (TPSA) is 59.9 Å². The van der Waals surface area contributed by atoms with Gasteiger partial charge in [0.05, 0.1) is 17.8 Å². The van der Waals surface area contributed by atoms with Gasteiger partial charge in [-0.05, 0) is 46.6 Å². The first-order valence-electron chi connectivity index (χ1n) is 6.93. The third kappa shape index (κ3) is 5.41. The van der Waals surface area contributed by atoms with Crippen LogP contribution in [0.2, 0.25) is 0 Å². The van der Waals surface area contributed by atoms with Crippen LogP contribution in [0.15, 0.2) is 52.0 Å². The van der Waals surface area contributed by atoms with Crippen molar-refractivity contribution in [2.45, 2.75) is 6.92 Å². The molecule has 2 rings (SSSR count). The maximum absolute atomic E-state index is 11.7. The van der Waals surface area contributed by atoms with Crippen molar-refractivity contribution < 1.29 is 14.3 Å². The van der Waals surface area contributed by atoms with Crippen LogP contribution < -0.4 is 14.9 Å². The standard InChI is InChI=1S/C17H17BrN2O3/c1-12-3-5-13(6-4-12)10-19-20-17(21)11-23-16-8-7-14(22-2)9-15(16)18/h3-10H,11H2,1-2H3,(H,20,21)/b19-10-. The zero-order valence-electron chi connectivity index (χ0n) is 12.9. The van der Waals surface area contributed by atoms with Crippen LogP contribution in [0, 0.1) is 6.92 Å². The Morgan fingerprint density at radius 3 is 2.65 bits per heavy atom. The molecule has 2 aromatic rings. The van der Waals surface area contributed by atoms with Crippen LogP contribution in [0.5, 0.6) is 11.5 Å². The molecule has 2 aromatic carbocycles. The minimum Gasteiger partial charge on any atom is -0.497 e. The first-order chi connectivity index (χ1) is 11.1. The Morgan fingerprint density at radius 1 is 1.26 bits per heavy atom. The lowest BCUT2D eigenvalue weighted by atomic mass is 10.2. The van der Waals surface area contributed by atoms with Gasteiger partial charge in [-0.3, -0.25) is 4.79 Å². The number of aryl methyl sites for hydroxylation is 1. The van der Waals surface area contributed by atoms with Crippen molar-refractivity contribution >= 4 is 28.1 Å². The van der Waals surface area contributed by atoms with Crippen molar-refractivity contribution in [3.8, 4) is 11.5 Å². The Balaban J connectivity index is 1.82. The highest BCUT2D eigenvalue weighted by molar-refractivity contribution is 9.10. The summed E-state index contributed by atoms with van der Waals surface area (Å²) in [5, 5.41) is 3.90. The number of ether oxygens (including phenoxy) is 2. The van der Waals surface area contributed by atoms with Gasteiger partial charge in [0, 0.05) is 0 Å². The fraction of sp³-hybridized carbons (Fsp3) is 0.176. The molecule has 0 atom stereocenters. The van der Waals surface area contributed by atoms with E-state index in [0.717, 1.165) is 5.56 Å². The van der Waals surface area contributed by atoms with Crippen LogP contribution in [0.3, 0.4) is 0 Å². The van der Waals surface area contributed by atoms with Crippen molar-refractivity contribution in [1.29, 1.82) is 0 Å². The molecule has 0 saturated carbocycles. The number of nitrogens with zero attached hydrogens (tertiary/aromatic N) is 1. The summed E-state index contributed by atoms with van der Waals surface area (Å²) in [6.45, 7) is 1.88. The first-order valence-corrected chi connectivity index (χ1v) is 7.72. The fourth-order valence-electron chi connectivity index (χ4n) is 1.73. The molecule has 0 spiro atoms. The lowest BCUT2D eigenvalue weighted by Gasteiger charge is -2.08. The number of hydrazone groups is 1. The van der Waals surface area contributed by atoms with Gasteiger partial charge in [-0.15, -0.1) is 0 Å². The summed E-state index contributed by atoms with van der Waals surface area (Å²) in [5.74, 6) is 0.927. The zero-order valence-corrected chi connectivity index (χ0v) is 14.5. The second-order valence-electron chi connectivity index (χ2n) is 4.79. The van der Waals surface area contributed by atoms with Crippen LogP contribution in [0.25, 0.3) is 0 Å². The first kappa shape index (κ1) is 17.0. The Hall–Kier alpha value is -2.34. The van der Waals surface area contributed by atoms with Crippen molar-refractivity contribution in [2.24, 2.45) is 5.10 Å². The van der Waals surface area contributed by atoms with Gasteiger partial charge in [0.25, 0.3) is 5.91 Å². The normalized spacial score (nSPS) is 10.6. The van der Waals surface area contributed by atoms with E-state index in [1.54, 1.807) is 31.5 Å². The molecule has 0 aromatic heterocycles. The van der Waals surface area contributed by atoms with E-state index < -0.39 is 0 Å². The van der Waals surface area contributed by atoms with Crippen LogP contribution in [-0.4, -0.2) is 25.8 Å². The number of rotatable bonds is 6. The molecule has 0 aliphatic carbocycles. The van der Waals surface area contributed by atoms with Crippen LogP contribution in [-0.2, 0) is 4.79 Å². The summed E-state index contributed by atoms with van der Waals surface area (Å²) in [7, 11) is 1.59. The molecule has 120 valence electrons. The molecule has 0 radical (unpaired) electrons. The van der Waals surface area contributed by atoms with E-state index in [1.807, 2.05) is 31.2 Å². The van der Waals surface area contributed by atoms with Crippen molar-refractivity contribution in [2.75, 3.05) is 13.7 Å². The number of methoxy groups -OCH3 is 1. The largest absolute Gasteiger partial charge is 0.497 e. The molecule has 6 heteroatoms. The molecule has 0 heterocycles. The number of nitrogens with one attached hydrogen (secondary N) is 1. The van der Waals surface area contributed by atoms with Gasteiger partial charge >= 0.3 is 0 Å². The summed E-state index contributed by atoms with van der Waals surface area (Å²) >= 11 is 3.36. The van der Waals surface area contributed by atoms with Crippen LogP contribution >= 0.6 is 15.9 Å². The third-order valence-electron chi connectivity index (χ3n) is 2.98. The lowest BCUT2D eigenvalue weighted by molar-refractivity contribution is -0.123. The Bertz CT molecular complexity index is 699. The van der Waals surface area contributed by atoms with E-state index in [-0.39, 0.29) is 12.5 Å². The fourth-order valence-corrected chi connectivity index (χ4v) is 2.20. The molecule has 23 heavy (non-hydrogen) atoms. The van der Waals surface area contributed by atoms with E-state index in [0.29, 0.717) is 16.0 Å². The second kappa shape index (κ2) is 8.33. The molecule has 1 amide bonds. The average molecular weight is 377 g/mol. The van der Waals surface area contributed by atoms with Gasteiger partial charge in [0.1, 0.15) is 11.5 Å². The number of amides is 1. The van der Waals surface area contributed by atoms with Crippen molar-refractivity contribution in [1.82, 2.24) is 5.43 Å². The second-order valence-corrected chi connectivity index (χ2v) is 5.64. The lowest BCUT2D eigenvalue weighted by Crippen LogP contribution is -2.24. The Labute approximate surface area is 143 Å². The van der Waals surface area contributed by atoms with Gasteiger partial charge in [0.2, 0.25) is 0 Å². The van der Waals surface area contributed by atoms with Gasteiger partial charge in [-0.2, -0.15) is 5.10 Å². The summed E-state index contributed by atoms with van der Waals surface area (Å²) in [6, 6.07) is 13.1. The number of hydrogen-bond acceptors (Lipinski definition) is 4. The van der Waals surface area contributed by atoms with E-state index in [1.165, 1.54) is 5.56 Å². The highest BCUT2D eigenvalue weighted by atomic mass is 79.9. The molecule has 0 bridgehead atoms. The van der Waals surface area contributed by atoms with Crippen molar-refractivity contribution in [3.05, 3.63) is 58.1 Å². The highest BCUT2D eigenvalue weighted by Crippen LogP contribution is 2.28. The predicted molar refractivity (Wildman–Crippen MR) is 93.1 cm³/mol. The molecule has 1 N–H and O–H groups in total. The van der Waals surface area contributed by atoms with Gasteiger partial charge in [-0.1, -0.05) is 29.8 Å². The molecular weight excluding hydrogens is 360 g/mol. The maximum Gasteiger partial charge on any atom is 0.277 e. The molecular formula is C17H17BrN2O3. The molecule has 0 saturated heterocycles. The minimum absolute atomic E-state index is 0.129. The van der Waals surface area contributed by atoms with Crippen LogP contribution in [0.1, 0.15) is 11.1 Å². The average Bonchev–Trinajstić information content (AvgIpc) is 2.55. The van der Waals surface area contributed by atoms with Crippen LogP contribution in [0.4, 0.5) is 0 Å². The highest BCUT2D eigenvalue weighted by Gasteiger charge is 2.06. The number of benzene rings is 2. The number of hydrogen-bond donors (Lipinski definition) is 1. The smallest absolute Gasteiger partial charge is 0.277 e. The third-order valence-corrected chi connectivity index (χ3v) is 3.60. The quantitative estimate of drug-likeness (QED) is 0.621. The maximum atomic E-state index is 11.7. The van der Waals surface area contributed by atoms with E-state index >= 15 is 0 Å². The van der Waals surface area contributed by atoms with Crippen molar-refractivity contribution in [3.63, 3.8) is 0 Å². The summed E-state index contributed by atoms with van der Waals surface area (Å²) in [5.41, 5.74) is 4.51. The SMILES string of the molecule is COc1ccc(OCC(=O)N/N=C\c2ccc(C)cc2)c(Br)c1. The van der Waals surface area contributed by atoms with Gasteiger partial charge < -0.3 is 9.47 Å². The Kier molecular flexibility index (Phi) is 6.17. The van der Waals surface area contributed by atoms with Gasteiger partial charge in [-0.25, -0.2) is 5.43 Å². The number of carbonyl (C=O) groups is 1. The molecule has 0 unspecified atom stereocenters. The molecule has 0 fully saturated rings. The molecule has 5 nitrogen and oxygen atoms in total.